The Bertz CT molecular complexity index is 2900. The number of allylic oxidation sites excluding steroid dienone is 5. The summed E-state index contributed by atoms with van der Waals surface area (Å²) in [6, 6.07) is 0. The van der Waals surface area contributed by atoms with Crippen LogP contribution < -0.4 is 5.32 Å². The number of ether oxygens (including phenoxy) is 26. The fourth-order valence-corrected chi connectivity index (χ4v) is 17.4. The summed E-state index contributed by atoms with van der Waals surface area (Å²) >= 11 is 0. The molecule has 40 heteroatoms. The van der Waals surface area contributed by atoms with Crippen LogP contribution >= 0.6 is 15.6 Å². The standard InChI is InChI=1S/C83H147NO37P2/c1-4-10-79-119-77-66-74-73-14-13-70-65-71(85)15-16-81(70,2)80(73)75(86)67-82(74,3)83(77,120-79)76(87)68-118-123(91,92)121-122(89,90)117-64-63-115-62-61-114-60-59-113-58-57-112-56-55-111-54-53-110-52-51-109-50-49-108-48-47-107-46-45-106-44-43-105-42-41-104-40-39-103-38-37-102-36-35-101-34-33-100-32-31-99-30-29-98-28-27-97-26-25-96-24-23-95-22-21-94-20-19-93-18-17-84-78(88)69-116-72-11-8-6-5-7-9-12-72/h8,11,15-16,65,72-75,77,79-80,86H,4-7,9-10,12-14,17-64,66-69H2,1-3H3,(H,84,88)(H,89,90)(H,91,92)/b11-8-/t72?,73-,74-,75-,77+,79?,80+,81-,82-,83+/m0/s1. The van der Waals surface area contributed by atoms with E-state index in [4.69, 9.17) is 132 Å². The van der Waals surface area contributed by atoms with Gasteiger partial charge in [0.25, 0.3) is 0 Å². The molecule has 38 nitrogen and oxygen atoms in total. The average Bonchev–Trinajstić information content (AvgIpc) is 1.51. The minimum absolute atomic E-state index is 0.0230. The first-order chi connectivity index (χ1) is 60.0. The molecule has 0 bridgehead atoms. The summed E-state index contributed by atoms with van der Waals surface area (Å²) in [5.74, 6) is -1.36. The molecule has 5 aliphatic carbocycles. The van der Waals surface area contributed by atoms with Crippen LogP contribution in [0.2, 0.25) is 0 Å². The molecule has 12 atom stereocenters. The molecule has 1 heterocycles. The highest BCUT2D eigenvalue weighted by Gasteiger charge is 2.76. The van der Waals surface area contributed by atoms with Crippen LogP contribution in [0.3, 0.4) is 0 Å². The van der Waals surface area contributed by atoms with Crippen molar-refractivity contribution in [2.24, 2.45) is 28.6 Å². The van der Waals surface area contributed by atoms with Crippen molar-refractivity contribution < 1.29 is 175 Å². The molecule has 4 N–H and O–H groups in total. The molecule has 1 saturated heterocycles. The maximum absolute atomic E-state index is 14.5. The van der Waals surface area contributed by atoms with E-state index in [0.29, 0.717) is 316 Å². The van der Waals surface area contributed by atoms with Crippen molar-refractivity contribution in [3.63, 3.8) is 0 Å². The predicted octanol–water partition coefficient (Wildman–Crippen LogP) is 5.38. The third-order valence-electron chi connectivity index (χ3n) is 21.2. The van der Waals surface area contributed by atoms with Crippen LogP contribution in [-0.4, -0.2) is 393 Å². The Labute approximate surface area is 726 Å². The Hall–Kier alpha value is -2.79. The third-order valence-corrected chi connectivity index (χ3v) is 23.8. The van der Waals surface area contributed by atoms with Crippen LogP contribution in [0, 0.1) is 28.6 Å². The van der Waals surface area contributed by atoms with Gasteiger partial charge in [-0.3, -0.25) is 23.4 Å². The summed E-state index contributed by atoms with van der Waals surface area (Å²) in [6.07, 6.45) is 15.7. The van der Waals surface area contributed by atoms with E-state index in [0.717, 1.165) is 24.8 Å². The fraction of sp³-hybridized carbons (Fsp3) is 0.892. The van der Waals surface area contributed by atoms with Gasteiger partial charge in [-0.05, 0) is 75.4 Å². The summed E-state index contributed by atoms with van der Waals surface area (Å²) in [5, 5.41) is 14.8. The molecule has 4 unspecified atom stereocenters. The van der Waals surface area contributed by atoms with Gasteiger partial charge in [-0.1, -0.05) is 63.8 Å². The van der Waals surface area contributed by atoms with E-state index in [1.54, 1.807) is 12.2 Å². The van der Waals surface area contributed by atoms with Gasteiger partial charge in [-0.2, -0.15) is 4.31 Å². The number of hydrogen-bond acceptors (Lipinski definition) is 35. The summed E-state index contributed by atoms with van der Waals surface area (Å²) in [6.45, 7) is 23.9. The van der Waals surface area contributed by atoms with Gasteiger partial charge in [0.2, 0.25) is 5.91 Å². The van der Waals surface area contributed by atoms with Gasteiger partial charge >= 0.3 is 15.6 Å². The third kappa shape index (κ3) is 46.2. The zero-order valence-electron chi connectivity index (χ0n) is 73.2. The van der Waals surface area contributed by atoms with E-state index < -0.39 is 69.6 Å². The molecule has 0 aromatic heterocycles. The minimum Gasteiger partial charge on any atom is -0.393 e. The highest BCUT2D eigenvalue weighted by Crippen LogP contribution is 2.70. The largest absolute Gasteiger partial charge is 0.481 e. The summed E-state index contributed by atoms with van der Waals surface area (Å²) in [4.78, 5) is 59.7. The maximum Gasteiger partial charge on any atom is 0.481 e. The summed E-state index contributed by atoms with van der Waals surface area (Å²) in [7, 11) is -10.6. The first-order valence-corrected chi connectivity index (χ1v) is 47.0. The number of ketones is 2. The SMILES string of the molecule is CCCC1O[C@@H]2C[C@H]3[C@@H]4CCC5=CC(=O)C=C[C@]5(C)[C@H]4[C@@H](O)C[C@]3(C)[C@]2(C(=O)COP(=O)(O)OP(=O)(O)OCCOCCOCCOCCOCCOCCOCCOCCOCCOCCOCCOCCOCCOCCOCCOCCOCCOCCOCCOCCOCCOCCOCCOCCNC(=O)COC2/C=C\CCCCC2)O1. The highest BCUT2D eigenvalue weighted by atomic mass is 31.3. The van der Waals surface area contributed by atoms with Crippen molar-refractivity contribution in [2.75, 3.05) is 330 Å². The molecule has 716 valence electrons. The Morgan fingerprint density at radius 1 is 0.480 bits per heavy atom. The van der Waals surface area contributed by atoms with E-state index in [1.165, 1.54) is 12.8 Å². The van der Waals surface area contributed by atoms with E-state index in [2.05, 4.69) is 21.8 Å². The Morgan fingerprint density at radius 2 is 0.846 bits per heavy atom. The number of nitrogens with one attached hydrogen (secondary N) is 1. The van der Waals surface area contributed by atoms with Crippen LogP contribution in [0.15, 0.2) is 36.0 Å². The Balaban J connectivity index is 0.557. The maximum atomic E-state index is 14.5. The molecule has 6 rings (SSSR count). The Kier molecular flexibility index (Phi) is 60.5. The summed E-state index contributed by atoms with van der Waals surface area (Å²) < 4.78 is 186. The lowest BCUT2D eigenvalue weighted by molar-refractivity contribution is -0.200. The number of rotatable bonds is 84. The second-order valence-corrected chi connectivity index (χ2v) is 33.1. The van der Waals surface area contributed by atoms with Crippen molar-refractivity contribution in [1.29, 1.82) is 0 Å². The number of aliphatic hydroxyl groups is 1. The normalized spacial score (nSPS) is 24.3. The van der Waals surface area contributed by atoms with Crippen LogP contribution in [0.25, 0.3) is 0 Å². The lowest BCUT2D eigenvalue weighted by Gasteiger charge is -2.59. The van der Waals surface area contributed by atoms with E-state index in [9.17, 15) is 38.4 Å². The second kappa shape index (κ2) is 68.3. The van der Waals surface area contributed by atoms with Crippen molar-refractivity contribution in [1.82, 2.24) is 5.32 Å². The molecular weight excluding hydrogens is 1660 g/mol. The van der Waals surface area contributed by atoms with Gasteiger partial charge in [0.05, 0.1) is 329 Å². The fourth-order valence-electron chi connectivity index (χ4n) is 15.3. The minimum atomic E-state index is -5.37. The smallest absolute Gasteiger partial charge is 0.393 e. The van der Waals surface area contributed by atoms with Gasteiger partial charge in [-0.25, -0.2) is 9.13 Å². The number of fused-ring (bicyclic) bond motifs is 7. The van der Waals surface area contributed by atoms with Crippen LogP contribution in [0.4, 0.5) is 0 Å². The molecule has 6 aliphatic rings. The summed E-state index contributed by atoms with van der Waals surface area (Å²) in [5.41, 5.74) is -2.21. The monoisotopic (exact) mass is 1810 g/mol. The van der Waals surface area contributed by atoms with Crippen molar-refractivity contribution in [3.05, 3.63) is 36.0 Å². The molecule has 0 radical (unpaired) electrons. The number of phosphoric acid groups is 2. The number of carbonyl (C=O) groups excluding carboxylic acids is 3. The van der Waals surface area contributed by atoms with E-state index >= 15 is 0 Å². The number of carbonyl (C=O) groups is 3. The lowest BCUT2D eigenvalue weighted by Crippen LogP contribution is -2.63. The van der Waals surface area contributed by atoms with Crippen molar-refractivity contribution in [3.8, 4) is 0 Å². The molecule has 1 amide bonds. The molecule has 1 aliphatic heterocycles. The zero-order chi connectivity index (χ0) is 87.7. The van der Waals surface area contributed by atoms with E-state index in [1.807, 2.05) is 26.8 Å². The second-order valence-electron chi connectivity index (χ2n) is 30.0. The number of Topliss-reactive ketones (excluding diaryl/α,β-unsaturated/α-hetero) is 1. The van der Waals surface area contributed by atoms with Gasteiger partial charge in [-0.15, -0.1) is 0 Å². The number of aliphatic hydroxyl groups excluding tert-OH is 1. The topological polar surface area (TPSA) is 426 Å². The molecule has 3 saturated carbocycles. The first kappa shape index (κ1) is 109. The molecule has 0 aromatic rings. The number of phosphoric ester groups is 2. The molecular formula is C83H147NO37P2. The van der Waals surface area contributed by atoms with Gasteiger partial charge in [0.1, 0.15) is 13.2 Å². The van der Waals surface area contributed by atoms with Gasteiger partial charge < -0.3 is 143 Å². The number of hydrogen-bond donors (Lipinski definition) is 4. The molecule has 4 fully saturated rings. The first-order valence-electron chi connectivity index (χ1n) is 44.0. The average molecular weight is 1810 g/mol. The van der Waals surface area contributed by atoms with Crippen LogP contribution in [-0.2, 0) is 160 Å². The Morgan fingerprint density at radius 3 is 1.23 bits per heavy atom. The molecule has 0 aromatic carbocycles. The van der Waals surface area contributed by atoms with Crippen LogP contribution in [0.5, 0.6) is 0 Å². The lowest BCUT2D eigenvalue weighted by atomic mass is 9.46. The number of amides is 1. The van der Waals surface area contributed by atoms with E-state index in [-0.39, 0.29) is 75.0 Å². The van der Waals surface area contributed by atoms with Crippen LogP contribution in [0.1, 0.15) is 91.4 Å². The zero-order valence-corrected chi connectivity index (χ0v) is 75.0. The highest BCUT2D eigenvalue weighted by molar-refractivity contribution is 7.61. The predicted molar refractivity (Wildman–Crippen MR) is 442 cm³/mol. The molecule has 0 spiro atoms. The quantitative estimate of drug-likeness (QED) is 0.0337. The van der Waals surface area contributed by atoms with Crippen molar-refractivity contribution in [2.45, 2.75) is 122 Å². The van der Waals surface area contributed by atoms with Gasteiger partial charge in [0.15, 0.2) is 23.5 Å². The molecule has 123 heavy (non-hydrogen) atoms. The van der Waals surface area contributed by atoms with Gasteiger partial charge in [0, 0.05) is 23.3 Å². The van der Waals surface area contributed by atoms with Crippen molar-refractivity contribution >= 4 is 33.1 Å².